The van der Waals surface area contributed by atoms with Crippen LogP contribution >= 0.6 is 0 Å². The molecule has 0 heterocycles. The molecule has 0 unspecified atom stereocenters. The summed E-state index contributed by atoms with van der Waals surface area (Å²) in [5.74, 6) is -0.166. The first kappa shape index (κ1) is 15.4. The Morgan fingerprint density at radius 1 is 0.545 bits per heavy atom. The molecule has 0 saturated carbocycles. The Kier molecular flexibility index (Phi) is 4.69. The zero-order chi connectivity index (χ0) is 15.5. The van der Waals surface area contributed by atoms with E-state index < -0.39 is 21.8 Å². The molecule has 0 spiro atoms. The number of rotatable bonds is 3. The Bertz CT molecular complexity index is 635. The predicted molar refractivity (Wildman–Crippen MR) is 93.4 cm³/mol. The quantitative estimate of drug-likeness (QED) is 0.500. The minimum absolute atomic E-state index is 0.166. The Hall–Kier alpha value is -1.53. The summed E-state index contributed by atoms with van der Waals surface area (Å²) in [6.45, 7) is 4.22. The van der Waals surface area contributed by atoms with Gasteiger partial charge >= 0.3 is 140 Å². The second-order valence-corrected chi connectivity index (χ2v) is 14.1. The summed E-state index contributed by atoms with van der Waals surface area (Å²) >= 11 is -2.31. The SMILES string of the molecule is Cc1cc[c]([Bi]([c]2ccc(C)cc2)[c]2ccc(F)cc2)cc1. The molecule has 0 saturated heterocycles. The van der Waals surface area contributed by atoms with Crippen LogP contribution in [-0.2, 0) is 0 Å². The number of benzene rings is 3. The molecule has 0 radical (unpaired) electrons. The molecule has 0 aromatic heterocycles. The first-order valence-electron chi connectivity index (χ1n) is 7.32. The van der Waals surface area contributed by atoms with Gasteiger partial charge in [-0.2, -0.15) is 0 Å². The van der Waals surface area contributed by atoms with Gasteiger partial charge in [0.25, 0.3) is 0 Å². The molecule has 22 heavy (non-hydrogen) atoms. The normalized spacial score (nSPS) is 10.9. The average Bonchev–Trinajstić information content (AvgIpc) is 2.53. The van der Waals surface area contributed by atoms with Crippen molar-refractivity contribution >= 4 is 31.6 Å². The van der Waals surface area contributed by atoms with Crippen LogP contribution in [0.5, 0.6) is 0 Å². The van der Waals surface area contributed by atoms with E-state index in [2.05, 4.69) is 62.4 Å². The van der Waals surface area contributed by atoms with Crippen molar-refractivity contribution in [2.75, 3.05) is 0 Å². The Labute approximate surface area is 139 Å². The van der Waals surface area contributed by atoms with Gasteiger partial charge in [-0.05, 0) is 0 Å². The number of halogens is 1. The molecule has 0 atom stereocenters. The molecule has 0 fully saturated rings. The van der Waals surface area contributed by atoms with E-state index in [-0.39, 0.29) is 5.82 Å². The third-order valence-corrected chi connectivity index (χ3v) is 13.2. The Morgan fingerprint density at radius 2 is 0.864 bits per heavy atom. The van der Waals surface area contributed by atoms with Crippen LogP contribution in [0.1, 0.15) is 11.1 Å². The van der Waals surface area contributed by atoms with Crippen LogP contribution in [0.3, 0.4) is 0 Å². The van der Waals surface area contributed by atoms with Gasteiger partial charge in [0.05, 0.1) is 0 Å². The minimum atomic E-state index is -2.31. The molecule has 3 aromatic rings. The topological polar surface area (TPSA) is 0 Å². The molecule has 110 valence electrons. The second-order valence-electron chi connectivity index (χ2n) is 5.48. The summed E-state index contributed by atoms with van der Waals surface area (Å²) in [6.07, 6.45) is 0. The van der Waals surface area contributed by atoms with E-state index in [9.17, 15) is 4.39 Å². The maximum atomic E-state index is 13.3. The van der Waals surface area contributed by atoms with Crippen LogP contribution in [0.2, 0.25) is 0 Å². The van der Waals surface area contributed by atoms with E-state index in [4.69, 9.17) is 0 Å². The fraction of sp³-hybridized carbons (Fsp3) is 0.100. The fourth-order valence-corrected chi connectivity index (χ4v) is 11.1. The van der Waals surface area contributed by atoms with Gasteiger partial charge in [0.1, 0.15) is 0 Å². The zero-order valence-corrected chi connectivity index (χ0v) is 16.2. The van der Waals surface area contributed by atoms with Gasteiger partial charge in [0.15, 0.2) is 0 Å². The van der Waals surface area contributed by atoms with E-state index in [1.807, 2.05) is 12.1 Å². The molecular formula is C20H18BiF. The monoisotopic (exact) mass is 486 g/mol. The average molecular weight is 486 g/mol. The Morgan fingerprint density at radius 3 is 1.23 bits per heavy atom. The summed E-state index contributed by atoms with van der Waals surface area (Å²) in [7, 11) is 0. The third kappa shape index (κ3) is 3.44. The molecule has 3 aromatic carbocycles. The Balaban J connectivity index is 2.10. The van der Waals surface area contributed by atoms with Gasteiger partial charge in [0.2, 0.25) is 0 Å². The van der Waals surface area contributed by atoms with E-state index in [0.717, 1.165) is 0 Å². The number of aryl methyl sites for hydroxylation is 2. The molecule has 0 aliphatic heterocycles. The molecule has 0 amide bonds. The van der Waals surface area contributed by atoms with Crippen LogP contribution in [-0.4, -0.2) is 21.8 Å². The van der Waals surface area contributed by atoms with Crippen LogP contribution in [0.4, 0.5) is 4.39 Å². The molecular weight excluding hydrogens is 468 g/mol. The number of hydrogen-bond donors (Lipinski definition) is 0. The van der Waals surface area contributed by atoms with Crippen molar-refractivity contribution in [3.05, 3.63) is 89.7 Å². The first-order chi connectivity index (χ1) is 10.6. The molecule has 0 bridgehead atoms. The van der Waals surface area contributed by atoms with Crippen molar-refractivity contribution in [3.63, 3.8) is 0 Å². The summed E-state index contributed by atoms with van der Waals surface area (Å²) in [4.78, 5) is 0. The predicted octanol–water partition coefficient (Wildman–Crippen LogP) is 2.96. The van der Waals surface area contributed by atoms with E-state index in [0.29, 0.717) is 0 Å². The molecule has 3 rings (SSSR count). The zero-order valence-electron chi connectivity index (χ0n) is 12.8. The van der Waals surface area contributed by atoms with E-state index >= 15 is 0 Å². The van der Waals surface area contributed by atoms with Crippen molar-refractivity contribution in [3.8, 4) is 0 Å². The molecule has 0 N–H and O–H groups in total. The van der Waals surface area contributed by atoms with Crippen LogP contribution in [0.25, 0.3) is 0 Å². The second kappa shape index (κ2) is 6.71. The van der Waals surface area contributed by atoms with Crippen molar-refractivity contribution in [1.82, 2.24) is 0 Å². The van der Waals surface area contributed by atoms with Crippen molar-refractivity contribution in [1.29, 1.82) is 0 Å². The molecule has 2 heteroatoms. The van der Waals surface area contributed by atoms with E-state index in [1.165, 1.54) is 20.9 Å². The summed E-state index contributed by atoms with van der Waals surface area (Å²) in [5, 5.41) is 0. The van der Waals surface area contributed by atoms with Crippen LogP contribution in [0.15, 0.2) is 72.8 Å². The van der Waals surface area contributed by atoms with Crippen molar-refractivity contribution < 1.29 is 4.39 Å². The van der Waals surface area contributed by atoms with Gasteiger partial charge in [-0.1, -0.05) is 0 Å². The van der Waals surface area contributed by atoms with Gasteiger partial charge in [0, 0.05) is 0 Å². The van der Waals surface area contributed by atoms with Crippen LogP contribution < -0.4 is 9.81 Å². The standard InChI is InChI=1S/2C7H7.C6H4F.Bi/c2*1-7-5-3-2-4-6-7;7-6-4-2-1-3-5-6;/h2*3-6H,1H3;2-5H;. The van der Waals surface area contributed by atoms with Crippen LogP contribution in [0, 0.1) is 19.7 Å². The number of hydrogen-bond acceptors (Lipinski definition) is 0. The van der Waals surface area contributed by atoms with Gasteiger partial charge < -0.3 is 0 Å². The molecule has 0 aliphatic carbocycles. The van der Waals surface area contributed by atoms with E-state index in [1.54, 1.807) is 12.1 Å². The summed E-state index contributed by atoms with van der Waals surface area (Å²) in [5.41, 5.74) is 2.55. The third-order valence-electron chi connectivity index (χ3n) is 3.67. The maximum absolute atomic E-state index is 13.3. The summed E-state index contributed by atoms with van der Waals surface area (Å²) in [6, 6.07) is 24.8. The molecule has 0 nitrogen and oxygen atoms in total. The van der Waals surface area contributed by atoms with Crippen molar-refractivity contribution in [2.45, 2.75) is 13.8 Å². The van der Waals surface area contributed by atoms with Gasteiger partial charge in [-0.25, -0.2) is 0 Å². The van der Waals surface area contributed by atoms with Gasteiger partial charge in [-0.3, -0.25) is 0 Å². The molecule has 0 aliphatic rings. The summed E-state index contributed by atoms with van der Waals surface area (Å²) < 4.78 is 17.4. The first-order valence-corrected chi connectivity index (χ1v) is 12.5. The van der Waals surface area contributed by atoms with Gasteiger partial charge in [-0.15, -0.1) is 0 Å². The fourth-order valence-electron chi connectivity index (χ4n) is 2.43. The van der Waals surface area contributed by atoms with Crippen molar-refractivity contribution in [2.24, 2.45) is 0 Å².